The lowest BCUT2D eigenvalue weighted by Crippen LogP contribution is -2.17. The van der Waals surface area contributed by atoms with Crippen LogP contribution in [0.2, 0.25) is 0 Å². The van der Waals surface area contributed by atoms with E-state index in [0.717, 1.165) is 0 Å². The summed E-state index contributed by atoms with van der Waals surface area (Å²) in [5.74, 6) is 0.678. The van der Waals surface area contributed by atoms with Crippen molar-refractivity contribution in [1.29, 1.82) is 0 Å². The van der Waals surface area contributed by atoms with Crippen LogP contribution in [0.15, 0.2) is 6.07 Å². The standard InChI is InChI=1S/C9H15N2O3PS/c1-6-5-7(14-15(12,13)16)11-8(10-6)9(2,3)4/h5H,1-4H3,(H2,12,13,16). The van der Waals surface area contributed by atoms with E-state index in [1.54, 1.807) is 6.92 Å². The van der Waals surface area contributed by atoms with Crippen molar-refractivity contribution in [3.8, 4) is 5.88 Å². The molecule has 16 heavy (non-hydrogen) atoms. The van der Waals surface area contributed by atoms with E-state index >= 15 is 0 Å². The molecule has 90 valence electrons. The van der Waals surface area contributed by atoms with Crippen molar-refractivity contribution >= 4 is 18.5 Å². The van der Waals surface area contributed by atoms with Gasteiger partial charge in [0.1, 0.15) is 5.82 Å². The Morgan fingerprint density at radius 3 is 2.31 bits per heavy atom. The summed E-state index contributed by atoms with van der Waals surface area (Å²) in [6.07, 6.45) is 0. The van der Waals surface area contributed by atoms with E-state index in [0.29, 0.717) is 11.5 Å². The second-order valence-electron chi connectivity index (χ2n) is 4.50. The molecule has 0 amide bonds. The van der Waals surface area contributed by atoms with Crippen molar-refractivity contribution in [3.63, 3.8) is 0 Å². The van der Waals surface area contributed by atoms with E-state index in [4.69, 9.17) is 14.3 Å². The summed E-state index contributed by atoms with van der Waals surface area (Å²) < 4.78 is 4.80. The fourth-order valence-corrected chi connectivity index (χ4v) is 1.61. The average molecular weight is 262 g/mol. The van der Waals surface area contributed by atoms with Gasteiger partial charge in [0.25, 0.3) is 0 Å². The third kappa shape index (κ3) is 4.14. The van der Waals surface area contributed by atoms with Gasteiger partial charge in [0.2, 0.25) is 5.88 Å². The Balaban J connectivity index is 3.14. The molecule has 0 bridgehead atoms. The number of rotatable bonds is 2. The molecule has 1 rings (SSSR count). The van der Waals surface area contributed by atoms with Gasteiger partial charge in [-0.1, -0.05) is 20.8 Å². The van der Waals surface area contributed by atoms with Crippen LogP contribution < -0.4 is 4.52 Å². The van der Waals surface area contributed by atoms with Crippen LogP contribution in [-0.2, 0) is 17.2 Å². The molecule has 0 unspecified atom stereocenters. The molecular weight excluding hydrogens is 247 g/mol. The van der Waals surface area contributed by atoms with Crippen LogP contribution in [0.1, 0.15) is 32.3 Å². The molecule has 0 atom stereocenters. The Morgan fingerprint density at radius 2 is 1.88 bits per heavy atom. The van der Waals surface area contributed by atoms with E-state index < -0.39 is 6.72 Å². The molecule has 0 radical (unpaired) electrons. The lowest BCUT2D eigenvalue weighted by Gasteiger charge is -2.18. The first-order valence-electron chi connectivity index (χ1n) is 4.69. The average Bonchev–Trinajstić information content (AvgIpc) is 1.97. The highest BCUT2D eigenvalue weighted by Crippen LogP contribution is 2.37. The normalized spacial score (nSPS) is 12.6. The smallest absolute Gasteiger partial charge is 0.376 e. The number of hydrogen-bond donors (Lipinski definition) is 2. The van der Waals surface area contributed by atoms with Gasteiger partial charge in [-0.05, 0) is 6.92 Å². The van der Waals surface area contributed by atoms with Crippen LogP contribution in [0.25, 0.3) is 0 Å². The highest BCUT2D eigenvalue weighted by Gasteiger charge is 2.20. The molecule has 0 aromatic carbocycles. The lowest BCUT2D eigenvalue weighted by molar-refractivity contribution is 0.361. The van der Waals surface area contributed by atoms with Gasteiger partial charge in [-0.2, -0.15) is 4.98 Å². The Morgan fingerprint density at radius 1 is 1.31 bits per heavy atom. The van der Waals surface area contributed by atoms with E-state index in [2.05, 4.69) is 21.8 Å². The van der Waals surface area contributed by atoms with Gasteiger partial charge in [0.15, 0.2) is 0 Å². The first-order valence-corrected chi connectivity index (χ1v) is 7.32. The summed E-state index contributed by atoms with van der Waals surface area (Å²) in [7, 11) is 0. The van der Waals surface area contributed by atoms with Gasteiger partial charge < -0.3 is 14.3 Å². The minimum absolute atomic E-state index is 0.103. The maximum atomic E-state index is 9.05. The number of aryl methyl sites for hydroxylation is 1. The van der Waals surface area contributed by atoms with Crippen LogP contribution in [0.3, 0.4) is 0 Å². The lowest BCUT2D eigenvalue weighted by atomic mass is 9.96. The van der Waals surface area contributed by atoms with Crippen molar-refractivity contribution in [2.24, 2.45) is 0 Å². The van der Waals surface area contributed by atoms with Crippen molar-refractivity contribution in [1.82, 2.24) is 9.97 Å². The summed E-state index contributed by atoms with van der Waals surface area (Å²) in [5, 5.41) is 0. The largest absolute Gasteiger partial charge is 0.406 e. The summed E-state index contributed by atoms with van der Waals surface area (Å²) in [4.78, 5) is 26.5. The molecule has 0 aliphatic heterocycles. The van der Waals surface area contributed by atoms with E-state index in [-0.39, 0.29) is 11.3 Å². The molecule has 0 saturated carbocycles. The Labute approximate surface area is 99.8 Å². The summed E-state index contributed by atoms with van der Waals surface area (Å²) in [6, 6.07) is 1.52. The van der Waals surface area contributed by atoms with Crippen LogP contribution in [0.4, 0.5) is 0 Å². The summed E-state index contributed by atoms with van der Waals surface area (Å²) in [6.45, 7) is 3.92. The minimum Gasteiger partial charge on any atom is -0.406 e. The third-order valence-corrected chi connectivity index (χ3v) is 2.36. The fourth-order valence-electron chi connectivity index (χ4n) is 1.04. The summed E-state index contributed by atoms with van der Waals surface area (Å²) >= 11 is 4.39. The van der Waals surface area contributed by atoms with E-state index in [1.807, 2.05) is 20.8 Å². The summed E-state index contributed by atoms with van der Waals surface area (Å²) in [5.41, 5.74) is 0.454. The molecule has 0 aliphatic carbocycles. The van der Waals surface area contributed by atoms with Crippen LogP contribution in [0, 0.1) is 6.92 Å². The topological polar surface area (TPSA) is 75.5 Å². The number of aromatic nitrogens is 2. The molecule has 0 spiro atoms. The van der Waals surface area contributed by atoms with Gasteiger partial charge in [0, 0.05) is 29.0 Å². The molecule has 0 saturated heterocycles. The number of nitrogens with zero attached hydrogens (tertiary/aromatic N) is 2. The second kappa shape index (κ2) is 4.37. The van der Waals surface area contributed by atoms with Gasteiger partial charge in [-0.25, -0.2) is 4.98 Å². The van der Waals surface area contributed by atoms with Crippen molar-refractivity contribution < 1.29 is 14.3 Å². The van der Waals surface area contributed by atoms with E-state index in [9.17, 15) is 0 Å². The third-order valence-electron chi connectivity index (χ3n) is 1.71. The second-order valence-corrected chi connectivity index (χ2v) is 7.09. The van der Waals surface area contributed by atoms with Gasteiger partial charge >= 0.3 is 6.72 Å². The molecule has 1 aromatic rings. The Hall–Kier alpha value is -0.550. The fraction of sp³-hybridized carbons (Fsp3) is 0.556. The van der Waals surface area contributed by atoms with Crippen LogP contribution in [0.5, 0.6) is 5.88 Å². The van der Waals surface area contributed by atoms with Crippen LogP contribution >= 0.6 is 6.72 Å². The maximum Gasteiger partial charge on any atom is 0.376 e. The molecule has 1 aromatic heterocycles. The predicted octanol–water partition coefficient (Wildman–Crippen LogP) is 1.67. The SMILES string of the molecule is Cc1cc(OP(O)(O)=S)nc(C(C)(C)C)n1. The van der Waals surface area contributed by atoms with E-state index in [1.165, 1.54) is 6.07 Å². The monoisotopic (exact) mass is 262 g/mol. The highest BCUT2D eigenvalue weighted by atomic mass is 32.5. The molecule has 2 N–H and O–H groups in total. The van der Waals surface area contributed by atoms with Gasteiger partial charge in [0.05, 0.1) is 0 Å². The first kappa shape index (κ1) is 13.5. The zero-order valence-electron chi connectivity index (χ0n) is 9.63. The first-order chi connectivity index (χ1) is 7.08. The van der Waals surface area contributed by atoms with Crippen molar-refractivity contribution in [3.05, 3.63) is 17.6 Å². The molecule has 1 heterocycles. The maximum absolute atomic E-state index is 9.05. The van der Waals surface area contributed by atoms with Gasteiger partial charge in [-0.15, -0.1) is 0 Å². The minimum atomic E-state index is -3.74. The Bertz CT molecular complexity index is 439. The molecule has 0 aliphatic rings. The quantitative estimate of drug-likeness (QED) is 0.790. The molecule has 0 fully saturated rings. The van der Waals surface area contributed by atoms with Crippen LogP contribution in [-0.4, -0.2) is 19.8 Å². The Kier molecular flexibility index (Phi) is 3.69. The molecule has 7 heteroatoms. The molecule has 5 nitrogen and oxygen atoms in total. The van der Waals surface area contributed by atoms with Crippen molar-refractivity contribution in [2.45, 2.75) is 33.1 Å². The van der Waals surface area contributed by atoms with Crippen molar-refractivity contribution in [2.75, 3.05) is 0 Å². The molecular formula is C9H15N2O3PS. The van der Waals surface area contributed by atoms with Gasteiger partial charge in [-0.3, -0.25) is 0 Å². The zero-order chi connectivity index (χ0) is 12.6. The predicted molar refractivity (Wildman–Crippen MR) is 64.8 cm³/mol. The zero-order valence-corrected chi connectivity index (χ0v) is 11.3. The highest BCUT2D eigenvalue weighted by molar-refractivity contribution is 8.06. The number of hydrogen-bond acceptors (Lipinski definition) is 4.